The predicted molar refractivity (Wildman–Crippen MR) is 136 cm³/mol. The van der Waals surface area contributed by atoms with Crippen LogP contribution in [-0.4, -0.2) is 57.6 Å². The topological polar surface area (TPSA) is 66.0 Å². The number of hydrogen-bond acceptors (Lipinski definition) is 3. The number of hydrogen-bond donors (Lipinski definition) is 2. The van der Waals surface area contributed by atoms with E-state index in [0.717, 1.165) is 30.6 Å². The third kappa shape index (κ3) is 7.08. The first kappa shape index (κ1) is 25.9. The first-order chi connectivity index (χ1) is 14.9. The largest absolute Gasteiger partial charge is 0.497 e. The van der Waals surface area contributed by atoms with Crippen LogP contribution in [0.3, 0.4) is 0 Å². The highest BCUT2D eigenvalue weighted by Gasteiger charge is 2.45. The minimum absolute atomic E-state index is 0. The van der Waals surface area contributed by atoms with Crippen LogP contribution in [0.15, 0.2) is 53.5 Å². The van der Waals surface area contributed by atoms with Crippen LogP contribution in [0.25, 0.3) is 0 Å². The molecule has 0 heterocycles. The molecule has 0 unspecified atom stereocenters. The molecule has 0 spiro atoms. The molecular weight excluding hydrogens is 522 g/mol. The molecule has 174 valence electrons. The number of nitrogens with zero attached hydrogens (tertiary/aromatic N) is 2. The highest BCUT2D eigenvalue weighted by Crippen LogP contribution is 2.48. The van der Waals surface area contributed by atoms with Crippen molar-refractivity contribution >= 4 is 35.8 Å². The third-order valence-electron chi connectivity index (χ3n) is 5.63. The van der Waals surface area contributed by atoms with Gasteiger partial charge in [-0.05, 0) is 48.6 Å². The van der Waals surface area contributed by atoms with Gasteiger partial charge in [0.05, 0.1) is 7.11 Å². The number of benzene rings is 2. The minimum atomic E-state index is -0.213. The zero-order valence-electron chi connectivity index (χ0n) is 18.9. The summed E-state index contributed by atoms with van der Waals surface area (Å²) in [6, 6.07) is 14.9. The molecule has 32 heavy (non-hydrogen) atoms. The highest BCUT2D eigenvalue weighted by atomic mass is 127. The molecule has 1 aliphatic rings. The fraction of sp³-hybridized carbons (Fsp3) is 0.417. The van der Waals surface area contributed by atoms with Gasteiger partial charge in [0.1, 0.15) is 18.1 Å². The summed E-state index contributed by atoms with van der Waals surface area (Å²) in [5.74, 6) is 1.14. The first-order valence-electron chi connectivity index (χ1n) is 10.5. The second-order valence-electron chi connectivity index (χ2n) is 8.09. The van der Waals surface area contributed by atoms with Crippen LogP contribution in [0.1, 0.15) is 24.0 Å². The Balaban J connectivity index is 0.00000363. The number of methoxy groups -OCH3 is 1. The van der Waals surface area contributed by atoms with Crippen molar-refractivity contribution < 1.29 is 13.9 Å². The van der Waals surface area contributed by atoms with Crippen molar-refractivity contribution in [3.63, 3.8) is 0 Å². The fourth-order valence-corrected chi connectivity index (χ4v) is 3.42. The van der Waals surface area contributed by atoms with E-state index in [1.54, 1.807) is 27.3 Å². The van der Waals surface area contributed by atoms with Gasteiger partial charge in [0.15, 0.2) is 5.96 Å². The Morgan fingerprint density at radius 1 is 1.12 bits per heavy atom. The smallest absolute Gasteiger partial charge is 0.243 e. The molecule has 2 aromatic carbocycles. The average molecular weight is 554 g/mol. The van der Waals surface area contributed by atoms with Crippen LogP contribution in [0.4, 0.5) is 4.39 Å². The van der Waals surface area contributed by atoms with Crippen molar-refractivity contribution in [2.75, 3.05) is 40.8 Å². The Morgan fingerprint density at radius 2 is 1.81 bits per heavy atom. The predicted octanol–water partition coefficient (Wildman–Crippen LogP) is 3.35. The van der Waals surface area contributed by atoms with Crippen molar-refractivity contribution in [1.29, 1.82) is 0 Å². The van der Waals surface area contributed by atoms with Crippen molar-refractivity contribution in [3.8, 4) is 5.75 Å². The lowest BCUT2D eigenvalue weighted by atomic mass is 9.95. The number of guanidine groups is 1. The summed E-state index contributed by atoms with van der Waals surface area (Å²) in [5.41, 5.74) is 1.70. The van der Waals surface area contributed by atoms with E-state index in [4.69, 9.17) is 4.74 Å². The Bertz CT molecular complexity index is 914. The van der Waals surface area contributed by atoms with Gasteiger partial charge in [-0.3, -0.25) is 4.79 Å². The van der Waals surface area contributed by atoms with E-state index >= 15 is 0 Å². The Labute approximate surface area is 206 Å². The lowest BCUT2D eigenvalue weighted by Crippen LogP contribution is -2.43. The maximum absolute atomic E-state index is 14.3. The lowest BCUT2D eigenvalue weighted by molar-refractivity contribution is -0.127. The van der Waals surface area contributed by atoms with Crippen LogP contribution >= 0.6 is 24.0 Å². The molecular formula is C24H32FIN4O2. The minimum Gasteiger partial charge on any atom is -0.497 e. The van der Waals surface area contributed by atoms with Crippen LogP contribution in [0.2, 0.25) is 0 Å². The molecule has 2 N–H and O–H groups in total. The summed E-state index contributed by atoms with van der Waals surface area (Å²) in [6.07, 6.45) is 2.65. The van der Waals surface area contributed by atoms with Crippen LogP contribution in [-0.2, 0) is 16.6 Å². The number of aliphatic imine (C=N–C) groups is 1. The Kier molecular flexibility index (Phi) is 9.74. The van der Waals surface area contributed by atoms with E-state index in [1.807, 2.05) is 36.4 Å². The quantitative estimate of drug-likeness (QED) is 0.284. The third-order valence-corrected chi connectivity index (χ3v) is 5.63. The molecule has 1 amide bonds. The molecule has 0 aromatic heterocycles. The highest BCUT2D eigenvalue weighted by molar-refractivity contribution is 14.0. The molecule has 0 aliphatic heterocycles. The van der Waals surface area contributed by atoms with Crippen molar-refractivity contribution in [2.45, 2.75) is 24.7 Å². The van der Waals surface area contributed by atoms with E-state index in [1.165, 1.54) is 16.5 Å². The van der Waals surface area contributed by atoms with Crippen molar-refractivity contribution in [2.24, 2.45) is 4.99 Å². The second-order valence-corrected chi connectivity index (χ2v) is 8.09. The van der Waals surface area contributed by atoms with Crippen LogP contribution < -0.4 is 15.4 Å². The van der Waals surface area contributed by atoms with Crippen LogP contribution in [0, 0.1) is 5.82 Å². The molecule has 1 saturated carbocycles. The van der Waals surface area contributed by atoms with Crippen molar-refractivity contribution in [1.82, 2.24) is 15.5 Å². The SMILES string of the molecule is COc1ccc(CCNC(=NCC(=O)N(C)C)NCC2(c3ccccc3F)CC2)cc1.I. The molecule has 1 aliphatic carbocycles. The van der Waals surface area contributed by atoms with Gasteiger partial charge in [-0.2, -0.15) is 0 Å². The number of ether oxygens (including phenoxy) is 1. The maximum atomic E-state index is 14.3. The van der Waals surface area contributed by atoms with Crippen LogP contribution in [0.5, 0.6) is 5.75 Å². The van der Waals surface area contributed by atoms with Gasteiger partial charge in [-0.15, -0.1) is 24.0 Å². The van der Waals surface area contributed by atoms with Gasteiger partial charge in [-0.1, -0.05) is 30.3 Å². The number of nitrogens with one attached hydrogen (secondary N) is 2. The number of carbonyl (C=O) groups is 1. The number of halogens is 2. The van der Waals surface area contributed by atoms with E-state index < -0.39 is 0 Å². The van der Waals surface area contributed by atoms with Gasteiger partial charge >= 0.3 is 0 Å². The van der Waals surface area contributed by atoms with Gasteiger partial charge in [0.25, 0.3) is 0 Å². The zero-order chi connectivity index (χ0) is 22.3. The van der Waals surface area contributed by atoms with E-state index in [-0.39, 0.29) is 47.7 Å². The summed E-state index contributed by atoms with van der Waals surface area (Å²) >= 11 is 0. The molecule has 2 aromatic rings. The summed E-state index contributed by atoms with van der Waals surface area (Å²) in [7, 11) is 5.06. The number of carbonyl (C=O) groups excluding carboxylic acids is 1. The summed E-state index contributed by atoms with van der Waals surface area (Å²) < 4.78 is 19.5. The second kappa shape index (κ2) is 12.0. The van der Waals surface area contributed by atoms with Gasteiger partial charge in [0.2, 0.25) is 5.91 Å². The molecule has 0 atom stereocenters. The Morgan fingerprint density at radius 3 is 2.41 bits per heavy atom. The van der Waals surface area contributed by atoms with Crippen molar-refractivity contribution in [3.05, 3.63) is 65.5 Å². The molecule has 1 fully saturated rings. The number of rotatable bonds is 9. The molecule has 6 nitrogen and oxygen atoms in total. The standard InChI is InChI=1S/C24H31FN4O2.HI/c1-29(2)22(30)16-27-23(26-15-12-18-8-10-19(31-3)11-9-18)28-17-24(13-14-24)20-6-4-5-7-21(20)25;/h4-11H,12-17H2,1-3H3,(H2,26,27,28);1H. The number of amides is 1. The average Bonchev–Trinajstić information content (AvgIpc) is 3.56. The van der Waals surface area contributed by atoms with Gasteiger partial charge < -0.3 is 20.3 Å². The van der Waals surface area contributed by atoms with Gasteiger partial charge in [0, 0.05) is 32.6 Å². The normalized spacial score (nSPS) is 14.2. The summed E-state index contributed by atoms with van der Waals surface area (Å²) in [4.78, 5) is 17.9. The summed E-state index contributed by atoms with van der Waals surface area (Å²) in [6.45, 7) is 1.27. The molecule has 0 bridgehead atoms. The van der Waals surface area contributed by atoms with E-state index in [2.05, 4.69) is 15.6 Å². The molecule has 0 saturated heterocycles. The lowest BCUT2D eigenvalue weighted by Gasteiger charge is -2.20. The monoisotopic (exact) mass is 554 g/mol. The maximum Gasteiger partial charge on any atom is 0.243 e. The van der Waals surface area contributed by atoms with E-state index in [9.17, 15) is 9.18 Å². The first-order valence-corrected chi connectivity index (χ1v) is 10.5. The molecule has 3 rings (SSSR count). The summed E-state index contributed by atoms with van der Waals surface area (Å²) in [5, 5.41) is 6.63. The number of likely N-dealkylation sites (N-methyl/N-ethyl adjacent to an activating group) is 1. The molecule has 8 heteroatoms. The fourth-order valence-electron chi connectivity index (χ4n) is 3.42. The Hall–Kier alpha value is -2.36. The van der Waals surface area contributed by atoms with E-state index in [0.29, 0.717) is 19.0 Å². The molecule has 0 radical (unpaired) electrons. The van der Waals surface area contributed by atoms with Gasteiger partial charge in [-0.25, -0.2) is 9.38 Å². The zero-order valence-corrected chi connectivity index (χ0v) is 21.2.